The maximum atomic E-state index is 11.8. The fourth-order valence-corrected chi connectivity index (χ4v) is 2.51. The maximum absolute atomic E-state index is 11.8. The first kappa shape index (κ1) is 16.3. The minimum atomic E-state index is -0.850. The Morgan fingerprint density at radius 3 is 2.77 bits per heavy atom. The van der Waals surface area contributed by atoms with Gasteiger partial charge in [-0.05, 0) is 24.8 Å². The minimum absolute atomic E-state index is 0.00672. The zero-order chi connectivity index (χ0) is 15.8. The van der Waals surface area contributed by atoms with Crippen molar-refractivity contribution in [2.75, 3.05) is 13.2 Å². The van der Waals surface area contributed by atoms with Gasteiger partial charge in [0.1, 0.15) is 0 Å². The van der Waals surface area contributed by atoms with Gasteiger partial charge in [0.15, 0.2) is 0 Å². The van der Waals surface area contributed by atoms with Crippen LogP contribution in [0.3, 0.4) is 0 Å². The van der Waals surface area contributed by atoms with Crippen molar-refractivity contribution in [2.45, 2.75) is 37.8 Å². The van der Waals surface area contributed by atoms with Crippen molar-refractivity contribution < 1.29 is 19.4 Å². The summed E-state index contributed by atoms with van der Waals surface area (Å²) in [6.45, 7) is 0.979. The number of rotatable bonds is 6. The summed E-state index contributed by atoms with van der Waals surface area (Å²) >= 11 is 0. The number of aliphatic carboxylic acids is 1. The third-order valence-electron chi connectivity index (χ3n) is 3.64. The number of amides is 2. The van der Waals surface area contributed by atoms with E-state index >= 15 is 0 Å². The molecule has 1 aliphatic heterocycles. The van der Waals surface area contributed by atoms with Crippen LogP contribution in [0.4, 0.5) is 4.79 Å². The molecule has 0 spiro atoms. The third kappa shape index (κ3) is 5.37. The molecule has 120 valence electrons. The van der Waals surface area contributed by atoms with Gasteiger partial charge in [-0.2, -0.15) is 0 Å². The van der Waals surface area contributed by atoms with Gasteiger partial charge in [0.05, 0.1) is 6.10 Å². The topological polar surface area (TPSA) is 87.7 Å². The molecular formula is C16H22N2O4. The number of hydrogen-bond acceptors (Lipinski definition) is 3. The highest BCUT2D eigenvalue weighted by Crippen LogP contribution is 2.27. The summed E-state index contributed by atoms with van der Waals surface area (Å²) < 4.78 is 5.76. The summed E-state index contributed by atoms with van der Waals surface area (Å²) in [4.78, 5) is 22.2. The van der Waals surface area contributed by atoms with Gasteiger partial charge < -0.3 is 20.5 Å². The first-order chi connectivity index (χ1) is 10.6. The molecule has 2 unspecified atom stereocenters. The van der Waals surface area contributed by atoms with Crippen molar-refractivity contribution in [3.05, 3.63) is 35.9 Å². The Bertz CT molecular complexity index is 492. The van der Waals surface area contributed by atoms with Crippen LogP contribution in [0.1, 0.15) is 37.4 Å². The summed E-state index contributed by atoms with van der Waals surface area (Å²) in [5, 5.41) is 14.1. The summed E-state index contributed by atoms with van der Waals surface area (Å²) in [7, 11) is 0. The molecule has 0 saturated carbocycles. The Morgan fingerprint density at radius 2 is 2.05 bits per heavy atom. The molecule has 6 heteroatoms. The van der Waals surface area contributed by atoms with Crippen molar-refractivity contribution >= 4 is 12.0 Å². The van der Waals surface area contributed by atoms with E-state index in [1.165, 1.54) is 0 Å². The van der Waals surface area contributed by atoms with E-state index in [1.807, 2.05) is 30.3 Å². The van der Waals surface area contributed by atoms with Crippen LogP contribution in [0.15, 0.2) is 30.3 Å². The number of hydrogen-bond donors (Lipinski definition) is 3. The van der Waals surface area contributed by atoms with Gasteiger partial charge in [-0.15, -0.1) is 0 Å². The highest BCUT2D eigenvalue weighted by Gasteiger charge is 2.24. The zero-order valence-corrected chi connectivity index (χ0v) is 12.5. The summed E-state index contributed by atoms with van der Waals surface area (Å²) in [5.74, 6) is -0.850. The van der Waals surface area contributed by atoms with Crippen LogP contribution >= 0.6 is 0 Å². The van der Waals surface area contributed by atoms with E-state index in [2.05, 4.69) is 10.6 Å². The van der Waals surface area contributed by atoms with E-state index in [4.69, 9.17) is 9.84 Å². The Morgan fingerprint density at radius 1 is 1.27 bits per heavy atom. The van der Waals surface area contributed by atoms with Gasteiger partial charge in [-0.1, -0.05) is 30.3 Å². The highest BCUT2D eigenvalue weighted by atomic mass is 16.5. The summed E-state index contributed by atoms with van der Waals surface area (Å²) in [6.07, 6.45) is 2.03. The molecule has 0 bridgehead atoms. The second-order valence-electron chi connectivity index (χ2n) is 5.39. The van der Waals surface area contributed by atoms with E-state index in [0.29, 0.717) is 19.6 Å². The molecule has 0 aliphatic carbocycles. The van der Waals surface area contributed by atoms with E-state index in [1.54, 1.807) is 0 Å². The van der Waals surface area contributed by atoms with E-state index < -0.39 is 5.97 Å². The van der Waals surface area contributed by atoms with Crippen molar-refractivity contribution in [1.82, 2.24) is 10.6 Å². The molecule has 2 rings (SSSR count). The quantitative estimate of drug-likeness (QED) is 0.702. The number of carbonyl (C=O) groups is 2. The van der Waals surface area contributed by atoms with E-state index in [9.17, 15) is 9.59 Å². The second kappa shape index (κ2) is 8.38. The maximum Gasteiger partial charge on any atom is 0.315 e. The predicted octanol–water partition coefficient (Wildman–Crippen LogP) is 2.07. The Labute approximate surface area is 129 Å². The standard InChI is InChI=1S/C16H22N2O4/c19-15(20)7-4-9-17-16(21)18-13-8-10-22-14(11-13)12-5-2-1-3-6-12/h1-3,5-6,13-14H,4,7-11H2,(H,19,20)(H2,17,18,21). The van der Waals surface area contributed by atoms with Crippen LogP contribution in [-0.4, -0.2) is 36.3 Å². The fraction of sp³-hybridized carbons (Fsp3) is 0.500. The lowest BCUT2D eigenvalue weighted by Gasteiger charge is -2.30. The van der Waals surface area contributed by atoms with E-state index in [0.717, 1.165) is 18.4 Å². The first-order valence-electron chi connectivity index (χ1n) is 7.58. The first-order valence-corrected chi connectivity index (χ1v) is 7.58. The highest BCUT2D eigenvalue weighted by molar-refractivity contribution is 5.74. The molecule has 1 aromatic rings. The second-order valence-corrected chi connectivity index (χ2v) is 5.39. The Hall–Kier alpha value is -2.08. The largest absolute Gasteiger partial charge is 0.481 e. The molecule has 1 fully saturated rings. The lowest BCUT2D eigenvalue weighted by Crippen LogP contribution is -2.45. The molecule has 22 heavy (non-hydrogen) atoms. The van der Waals surface area contributed by atoms with Crippen molar-refractivity contribution in [1.29, 1.82) is 0 Å². The summed E-state index contributed by atoms with van der Waals surface area (Å²) in [5.41, 5.74) is 1.12. The van der Waals surface area contributed by atoms with Gasteiger partial charge in [0.25, 0.3) is 0 Å². The lowest BCUT2D eigenvalue weighted by atomic mass is 9.97. The minimum Gasteiger partial charge on any atom is -0.481 e. The van der Waals surface area contributed by atoms with Crippen LogP contribution in [0.25, 0.3) is 0 Å². The fourth-order valence-electron chi connectivity index (χ4n) is 2.51. The third-order valence-corrected chi connectivity index (χ3v) is 3.64. The van der Waals surface area contributed by atoms with Crippen LogP contribution in [-0.2, 0) is 9.53 Å². The molecule has 1 aromatic carbocycles. The number of carboxylic acids is 1. The van der Waals surface area contributed by atoms with Crippen LogP contribution in [0.2, 0.25) is 0 Å². The molecule has 3 N–H and O–H groups in total. The zero-order valence-electron chi connectivity index (χ0n) is 12.5. The average molecular weight is 306 g/mol. The molecule has 1 heterocycles. The number of benzene rings is 1. The van der Waals surface area contributed by atoms with Crippen molar-refractivity contribution in [3.63, 3.8) is 0 Å². The van der Waals surface area contributed by atoms with Gasteiger partial charge in [-0.3, -0.25) is 4.79 Å². The van der Waals surface area contributed by atoms with Crippen molar-refractivity contribution in [3.8, 4) is 0 Å². The van der Waals surface area contributed by atoms with Gasteiger partial charge in [0, 0.05) is 25.6 Å². The number of carboxylic acid groups (broad SMARTS) is 1. The van der Waals surface area contributed by atoms with Gasteiger partial charge in [0.2, 0.25) is 0 Å². The molecule has 6 nitrogen and oxygen atoms in total. The smallest absolute Gasteiger partial charge is 0.315 e. The molecule has 1 aliphatic rings. The molecule has 1 saturated heterocycles. The number of urea groups is 1. The normalized spacial score (nSPS) is 21.1. The van der Waals surface area contributed by atoms with E-state index in [-0.39, 0.29) is 24.6 Å². The van der Waals surface area contributed by atoms with Crippen LogP contribution < -0.4 is 10.6 Å². The Balaban J connectivity index is 1.73. The molecule has 0 radical (unpaired) electrons. The van der Waals surface area contributed by atoms with Crippen molar-refractivity contribution in [2.24, 2.45) is 0 Å². The summed E-state index contributed by atoms with van der Waals surface area (Å²) in [6, 6.07) is 9.79. The molecule has 2 atom stereocenters. The van der Waals surface area contributed by atoms with Gasteiger partial charge in [-0.25, -0.2) is 4.79 Å². The number of carbonyl (C=O) groups excluding carboxylic acids is 1. The monoisotopic (exact) mass is 306 g/mol. The molecular weight excluding hydrogens is 284 g/mol. The SMILES string of the molecule is O=C(O)CCCNC(=O)NC1CCOC(c2ccccc2)C1. The predicted molar refractivity (Wildman–Crippen MR) is 81.6 cm³/mol. The number of ether oxygens (including phenoxy) is 1. The van der Waals surface area contributed by atoms with Crippen LogP contribution in [0, 0.1) is 0 Å². The van der Waals surface area contributed by atoms with Gasteiger partial charge >= 0.3 is 12.0 Å². The molecule has 0 aromatic heterocycles. The Kier molecular flexibility index (Phi) is 6.21. The number of nitrogens with one attached hydrogen (secondary N) is 2. The molecule has 2 amide bonds. The van der Waals surface area contributed by atoms with Crippen LogP contribution in [0.5, 0.6) is 0 Å². The average Bonchev–Trinajstić information content (AvgIpc) is 2.52. The lowest BCUT2D eigenvalue weighted by molar-refractivity contribution is -0.137.